The van der Waals surface area contributed by atoms with Crippen LogP contribution < -0.4 is 10.2 Å². The molecule has 5 atom stereocenters. The third kappa shape index (κ3) is 3.91. The smallest absolute Gasteiger partial charge is 0.335 e. The average Bonchev–Trinajstić information content (AvgIpc) is 2.76. The van der Waals surface area contributed by atoms with Gasteiger partial charge in [-0.2, -0.15) is 0 Å². The summed E-state index contributed by atoms with van der Waals surface area (Å²) >= 11 is 0. The number of aliphatic carboxylic acids is 1. The lowest BCUT2D eigenvalue weighted by molar-refractivity contribution is -0.270. The number of carboxylic acid groups (broad SMARTS) is 1. The van der Waals surface area contributed by atoms with E-state index in [9.17, 15) is 40.2 Å². The highest BCUT2D eigenvalue weighted by atomic mass is 16.7. The van der Waals surface area contributed by atoms with Gasteiger partial charge in [0.1, 0.15) is 46.5 Å². The molecule has 2 heterocycles. The molecule has 1 aliphatic rings. The van der Waals surface area contributed by atoms with Gasteiger partial charge in [-0.1, -0.05) is 0 Å². The predicted octanol–water partition coefficient (Wildman–Crippen LogP) is -0.152. The Labute approximate surface area is 183 Å². The Kier molecular flexibility index (Phi) is 5.59. The van der Waals surface area contributed by atoms with E-state index < -0.39 is 59.4 Å². The lowest BCUT2D eigenvalue weighted by Gasteiger charge is -2.38. The third-order valence-electron chi connectivity index (χ3n) is 5.11. The van der Waals surface area contributed by atoms with Crippen LogP contribution in [0, 0.1) is 0 Å². The number of aliphatic hydroxyl groups excluding tert-OH is 3. The second-order valence-electron chi connectivity index (χ2n) is 7.33. The molecule has 0 amide bonds. The molecule has 4 rings (SSSR count). The molecule has 2 aromatic carbocycles. The van der Waals surface area contributed by atoms with Crippen LogP contribution in [0.15, 0.2) is 45.6 Å². The first-order valence-electron chi connectivity index (χ1n) is 9.49. The van der Waals surface area contributed by atoms with Gasteiger partial charge >= 0.3 is 5.97 Å². The van der Waals surface area contributed by atoms with Crippen LogP contribution in [0.2, 0.25) is 0 Å². The molecule has 1 saturated heterocycles. The van der Waals surface area contributed by atoms with Crippen molar-refractivity contribution in [1.29, 1.82) is 0 Å². The Morgan fingerprint density at radius 1 is 0.909 bits per heavy atom. The third-order valence-corrected chi connectivity index (χ3v) is 5.11. The van der Waals surface area contributed by atoms with Crippen molar-refractivity contribution in [3.05, 3.63) is 46.6 Å². The van der Waals surface area contributed by atoms with Crippen molar-refractivity contribution in [3.8, 4) is 34.3 Å². The molecule has 3 aromatic rings. The molecule has 1 aromatic heterocycles. The van der Waals surface area contributed by atoms with E-state index in [1.54, 1.807) is 0 Å². The number of phenols is 2. The normalized spacial score (nSPS) is 25.1. The van der Waals surface area contributed by atoms with Crippen LogP contribution in [0.1, 0.15) is 0 Å². The maximum atomic E-state index is 12.9. The number of hydrogen-bond acceptors (Lipinski definition) is 11. The van der Waals surface area contributed by atoms with E-state index in [2.05, 4.69) is 0 Å². The fourth-order valence-corrected chi connectivity index (χ4v) is 3.44. The molecule has 0 aliphatic carbocycles. The van der Waals surface area contributed by atoms with Crippen molar-refractivity contribution >= 4 is 16.9 Å². The molecule has 33 heavy (non-hydrogen) atoms. The van der Waals surface area contributed by atoms with Gasteiger partial charge in [-0.05, 0) is 24.3 Å². The van der Waals surface area contributed by atoms with Gasteiger partial charge in [0.05, 0.1) is 0 Å². The fourth-order valence-electron chi connectivity index (χ4n) is 3.44. The van der Waals surface area contributed by atoms with Crippen molar-refractivity contribution < 1.29 is 54.4 Å². The van der Waals surface area contributed by atoms with Gasteiger partial charge in [0.15, 0.2) is 11.9 Å². The molecule has 0 radical (unpaired) electrons. The van der Waals surface area contributed by atoms with E-state index in [4.69, 9.17) is 19.0 Å². The maximum Gasteiger partial charge on any atom is 0.335 e. The largest absolute Gasteiger partial charge is 0.508 e. The molecule has 0 bridgehead atoms. The quantitative estimate of drug-likeness (QED) is 0.270. The van der Waals surface area contributed by atoms with E-state index in [0.29, 0.717) is 0 Å². The second-order valence-corrected chi connectivity index (χ2v) is 7.33. The SMILES string of the molecule is O=C(O)C1O[C@@H](Oc2cc(O)cc3oc(-c4ccc(O)cc4)c(O)c(=O)c23)C(O)[C@@H](O)[C@@H]1O. The van der Waals surface area contributed by atoms with Gasteiger partial charge in [-0.3, -0.25) is 4.79 Å². The van der Waals surface area contributed by atoms with E-state index in [0.717, 1.165) is 12.1 Å². The number of carbonyl (C=O) groups is 1. The lowest BCUT2D eigenvalue weighted by atomic mass is 9.99. The van der Waals surface area contributed by atoms with Crippen molar-refractivity contribution in [2.45, 2.75) is 30.7 Å². The average molecular weight is 462 g/mol. The Morgan fingerprint density at radius 2 is 1.58 bits per heavy atom. The summed E-state index contributed by atoms with van der Waals surface area (Å²) in [7, 11) is 0. The summed E-state index contributed by atoms with van der Waals surface area (Å²) in [5, 5.41) is 68.6. The Bertz CT molecular complexity index is 1260. The number of benzene rings is 2. The monoisotopic (exact) mass is 462 g/mol. The zero-order valence-corrected chi connectivity index (χ0v) is 16.5. The molecular formula is C21H18O12. The number of rotatable bonds is 4. The van der Waals surface area contributed by atoms with Crippen molar-refractivity contribution in [2.24, 2.45) is 0 Å². The van der Waals surface area contributed by atoms with Crippen molar-refractivity contribution in [1.82, 2.24) is 0 Å². The molecule has 2 unspecified atom stereocenters. The summed E-state index contributed by atoms with van der Waals surface area (Å²) in [6, 6.07) is 7.35. The summed E-state index contributed by atoms with van der Waals surface area (Å²) in [5.74, 6) is -3.70. The molecule has 0 spiro atoms. The van der Waals surface area contributed by atoms with Crippen molar-refractivity contribution in [3.63, 3.8) is 0 Å². The number of hydrogen-bond donors (Lipinski definition) is 7. The summed E-state index contributed by atoms with van der Waals surface area (Å²) in [6.45, 7) is 0. The summed E-state index contributed by atoms with van der Waals surface area (Å²) in [4.78, 5) is 24.2. The van der Waals surface area contributed by atoms with Crippen LogP contribution >= 0.6 is 0 Å². The predicted molar refractivity (Wildman–Crippen MR) is 108 cm³/mol. The van der Waals surface area contributed by atoms with Gasteiger partial charge in [-0.15, -0.1) is 0 Å². The van der Waals surface area contributed by atoms with Gasteiger partial charge in [0, 0.05) is 17.7 Å². The van der Waals surface area contributed by atoms with Gasteiger partial charge in [-0.25, -0.2) is 4.79 Å². The second kappa shape index (κ2) is 8.26. The number of aliphatic hydroxyl groups is 3. The molecule has 0 saturated carbocycles. The lowest BCUT2D eigenvalue weighted by Crippen LogP contribution is -2.61. The number of ether oxygens (including phenoxy) is 2. The molecule has 7 N–H and O–H groups in total. The molecule has 1 aliphatic heterocycles. The molecular weight excluding hydrogens is 444 g/mol. The van der Waals surface area contributed by atoms with Crippen LogP contribution in [0.3, 0.4) is 0 Å². The van der Waals surface area contributed by atoms with Crippen LogP contribution in [0.4, 0.5) is 0 Å². The van der Waals surface area contributed by atoms with Gasteiger partial charge in [0.25, 0.3) is 0 Å². The molecule has 12 nitrogen and oxygen atoms in total. The van der Waals surface area contributed by atoms with Crippen LogP contribution in [-0.2, 0) is 9.53 Å². The topological polar surface area (TPSA) is 207 Å². The molecule has 1 fully saturated rings. The van der Waals surface area contributed by atoms with Crippen LogP contribution in [-0.4, -0.2) is 72.4 Å². The van der Waals surface area contributed by atoms with E-state index >= 15 is 0 Å². The zero-order valence-electron chi connectivity index (χ0n) is 16.5. The number of phenolic OH excluding ortho intramolecular Hbond substituents is 2. The van der Waals surface area contributed by atoms with E-state index in [1.807, 2.05) is 0 Å². The number of fused-ring (bicyclic) bond motifs is 1. The van der Waals surface area contributed by atoms with Gasteiger partial charge in [0.2, 0.25) is 17.5 Å². The van der Waals surface area contributed by atoms with Gasteiger partial charge < -0.3 is 49.6 Å². The highest BCUT2D eigenvalue weighted by Gasteiger charge is 2.48. The van der Waals surface area contributed by atoms with E-state index in [1.165, 1.54) is 24.3 Å². The molecule has 174 valence electrons. The van der Waals surface area contributed by atoms with Crippen LogP contribution in [0.5, 0.6) is 23.0 Å². The minimum absolute atomic E-state index is 0.0623. The minimum Gasteiger partial charge on any atom is -0.508 e. The zero-order chi connectivity index (χ0) is 24.0. The first-order chi connectivity index (χ1) is 15.6. The highest BCUT2D eigenvalue weighted by molar-refractivity contribution is 5.88. The first-order valence-corrected chi connectivity index (χ1v) is 9.49. The number of aromatic hydroxyl groups is 3. The minimum atomic E-state index is -1.96. The highest BCUT2D eigenvalue weighted by Crippen LogP contribution is 2.37. The maximum absolute atomic E-state index is 12.9. The van der Waals surface area contributed by atoms with Crippen LogP contribution in [0.25, 0.3) is 22.3 Å². The molecule has 12 heteroatoms. The van der Waals surface area contributed by atoms with Crippen molar-refractivity contribution in [2.75, 3.05) is 0 Å². The number of carboxylic acids is 1. The fraction of sp³-hybridized carbons (Fsp3) is 0.238. The summed E-state index contributed by atoms with van der Waals surface area (Å²) in [6.07, 6.45) is -9.67. The first kappa shape index (κ1) is 22.4. The Hall–Kier alpha value is -3.84. The summed E-state index contributed by atoms with van der Waals surface area (Å²) in [5.41, 5.74) is -0.992. The Balaban J connectivity index is 1.80. The summed E-state index contributed by atoms with van der Waals surface area (Å²) < 4.78 is 16.0. The Morgan fingerprint density at radius 3 is 2.21 bits per heavy atom. The standard InChI is InChI=1S/C21H18O12/c22-8-3-1-7(2-4-8)18-15(26)13(24)12-10(31-18)5-9(23)6-11(12)32-21-17(28)14(25)16(27)19(33-21)20(29)30/h1-6,14,16-17,19,21-23,25-28H,(H,29,30)/t14-,16-,17?,19?,21+/m0/s1. The van der Waals surface area contributed by atoms with E-state index in [-0.39, 0.29) is 28.0 Å².